The fraction of sp³-hybridized carbons (Fsp3) is 0.150. The number of aromatic nitrogens is 2. The summed E-state index contributed by atoms with van der Waals surface area (Å²) >= 11 is 3.30. The third kappa shape index (κ3) is 3.73. The molecular formula is C20H16BrFN2O5. The standard InChI is InChI=1S/C20H16BrFN2O5/c1-27-15-10-14(22)12(9-13(15)21)17-16(19(25)28-2)18(20(26)29-3)24(23-17)11-7-5-4-6-8-11/h4-10H,1-3H3. The first-order valence-electron chi connectivity index (χ1n) is 8.31. The summed E-state index contributed by atoms with van der Waals surface area (Å²) in [6.07, 6.45) is 0. The summed E-state index contributed by atoms with van der Waals surface area (Å²) in [6.45, 7) is 0. The molecule has 0 N–H and O–H groups in total. The van der Waals surface area contributed by atoms with Gasteiger partial charge in [0, 0.05) is 11.6 Å². The summed E-state index contributed by atoms with van der Waals surface area (Å²) in [6, 6.07) is 11.2. The van der Waals surface area contributed by atoms with Gasteiger partial charge in [0.1, 0.15) is 22.8 Å². The Labute approximate surface area is 174 Å². The van der Waals surface area contributed by atoms with Crippen molar-refractivity contribution in [2.45, 2.75) is 0 Å². The molecule has 2 aromatic carbocycles. The molecule has 3 aromatic rings. The molecule has 0 saturated heterocycles. The summed E-state index contributed by atoms with van der Waals surface area (Å²) < 4.78 is 31.3. The predicted molar refractivity (Wildman–Crippen MR) is 106 cm³/mol. The van der Waals surface area contributed by atoms with E-state index in [1.165, 1.54) is 25.0 Å². The van der Waals surface area contributed by atoms with Crippen molar-refractivity contribution in [3.05, 3.63) is 64.0 Å². The predicted octanol–water partition coefficient (Wildman–Crippen LogP) is 4.02. The van der Waals surface area contributed by atoms with E-state index in [1.54, 1.807) is 30.3 Å². The van der Waals surface area contributed by atoms with Gasteiger partial charge in [-0.15, -0.1) is 0 Å². The Bertz CT molecular complexity index is 1080. The molecule has 0 aliphatic heterocycles. The normalized spacial score (nSPS) is 10.5. The van der Waals surface area contributed by atoms with Crippen molar-refractivity contribution in [2.24, 2.45) is 0 Å². The van der Waals surface area contributed by atoms with Gasteiger partial charge in [-0.25, -0.2) is 18.7 Å². The largest absolute Gasteiger partial charge is 0.495 e. The number of benzene rings is 2. The Morgan fingerprint density at radius 2 is 1.69 bits per heavy atom. The molecule has 0 amide bonds. The molecule has 0 fully saturated rings. The lowest BCUT2D eigenvalue weighted by atomic mass is 10.0. The second-order valence-electron chi connectivity index (χ2n) is 5.77. The maximum atomic E-state index is 14.9. The topological polar surface area (TPSA) is 79.7 Å². The number of methoxy groups -OCH3 is 3. The Morgan fingerprint density at radius 1 is 1.03 bits per heavy atom. The molecule has 1 aromatic heterocycles. The van der Waals surface area contributed by atoms with Crippen LogP contribution in [0.3, 0.4) is 0 Å². The Morgan fingerprint density at radius 3 is 2.28 bits per heavy atom. The third-order valence-electron chi connectivity index (χ3n) is 4.15. The van der Waals surface area contributed by atoms with E-state index in [0.717, 1.165) is 13.2 Å². The van der Waals surface area contributed by atoms with Gasteiger partial charge in [0.2, 0.25) is 0 Å². The van der Waals surface area contributed by atoms with Crippen LogP contribution in [-0.2, 0) is 9.47 Å². The summed E-state index contributed by atoms with van der Waals surface area (Å²) in [5.74, 6) is -2.10. The highest BCUT2D eigenvalue weighted by Crippen LogP contribution is 2.36. The first-order chi connectivity index (χ1) is 13.9. The van der Waals surface area contributed by atoms with E-state index in [2.05, 4.69) is 21.0 Å². The van der Waals surface area contributed by atoms with Crippen LogP contribution in [-0.4, -0.2) is 43.0 Å². The third-order valence-corrected chi connectivity index (χ3v) is 4.77. The Kier molecular flexibility index (Phi) is 5.97. The molecule has 0 bridgehead atoms. The zero-order valence-electron chi connectivity index (χ0n) is 15.7. The Hall–Kier alpha value is -3.20. The van der Waals surface area contributed by atoms with E-state index >= 15 is 0 Å². The highest BCUT2D eigenvalue weighted by molar-refractivity contribution is 9.10. The molecule has 0 aliphatic rings. The van der Waals surface area contributed by atoms with Crippen molar-refractivity contribution >= 4 is 27.9 Å². The quantitative estimate of drug-likeness (QED) is 0.532. The van der Waals surface area contributed by atoms with E-state index < -0.39 is 17.8 Å². The molecular weight excluding hydrogens is 447 g/mol. The van der Waals surface area contributed by atoms with Crippen molar-refractivity contribution < 1.29 is 28.2 Å². The SMILES string of the molecule is COC(=O)c1c(-c2cc(Br)c(OC)cc2F)nn(-c2ccccc2)c1C(=O)OC. The number of carbonyl (C=O) groups excluding carboxylic acids is 2. The molecule has 1 heterocycles. The summed E-state index contributed by atoms with van der Waals surface area (Å²) in [5.41, 5.74) is 0.0169. The zero-order chi connectivity index (χ0) is 21.1. The van der Waals surface area contributed by atoms with Gasteiger partial charge < -0.3 is 14.2 Å². The minimum absolute atomic E-state index is 0.0158. The van der Waals surface area contributed by atoms with E-state index in [4.69, 9.17) is 14.2 Å². The smallest absolute Gasteiger partial charge is 0.357 e. The molecule has 0 unspecified atom stereocenters. The zero-order valence-corrected chi connectivity index (χ0v) is 17.3. The van der Waals surface area contributed by atoms with E-state index in [9.17, 15) is 14.0 Å². The van der Waals surface area contributed by atoms with Crippen LogP contribution in [0.25, 0.3) is 16.9 Å². The second-order valence-corrected chi connectivity index (χ2v) is 6.62. The van der Waals surface area contributed by atoms with Crippen LogP contribution >= 0.6 is 15.9 Å². The monoisotopic (exact) mass is 462 g/mol. The molecule has 0 atom stereocenters. The number of esters is 2. The summed E-state index contributed by atoms with van der Waals surface area (Å²) in [4.78, 5) is 25.1. The van der Waals surface area contributed by atoms with Gasteiger partial charge >= 0.3 is 11.9 Å². The van der Waals surface area contributed by atoms with Gasteiger partial charge in [0.05, 0.1) is 31.5 Å². The molecule has 7 nitrogen and oxygen atoms in total. The number of hydrogen-bond acceptors (Lipinski definition) is 6. The van der Waals surface area contributed by atoms with E-state index in [0.29, 0.717) is 10.2 Å². The fourth-order valence-electron chi connectivity index (χ4n) is 2.81. The first kappa shape index (κ1) is 20.5. The van der Waals surface area contributed by atoms with E-state index in [-0.39, 0.29) is 28.3 Å². The molecule has 29 heavy (non-hydrogen) atoms. The van der Waals surface area contributed by atoms with Gasteiger partial charge in [0.25, 0.3) is 0 Å². The second kappa shape index (κ2) is 8.44. The lowest BCUT2D eigenvalue weighted by molar-refractivity contribution is 0.0549. The maximum Gasteiger partial charge on any atom is 0.357 e. The number of carbonyl (C=O) groups is 2. The number of halogens is 2. The van der Waals surface area contributed by atoms with Crippen LogP contribution < -0.4 is 4.74 Å². The maximum absolute atomic E-state index is 14.9. The molecule has 0 aliphatic carbocycles. The molecule has 9 heteroatoms. The van der Waals surface area contributed by atoms with Crippen LogP contribution in [0.15, 0.2) is 46.9 Å². The fourth-order valence-corrected chi connectivity index (χ4v) is 3.31. The van der Waals surface area contributed by atoms with Crippen LogP contribution in [0.1, 0.15) is 20.8 Å². The Balaban J connectivity index is 2.39. The van der Waals surface area contributed by atoms with Crippen molar-refractivity contribution in [3.63, 3.8) is 0 Å². The average molecular weight is 463 g/mol. The number of hydrogen-bond donors (Lipinski definition) is 0. The summed E-state index contributed by atoms with van der Waals surface area (Å²) in [7, 11) is 3.74. The van der Waals surface area contributed by atoms with Crippen LogP contribution in [0.5, 0.6) is 5.75 Å². The number of para-hydroxylation sites is 1. The van der Waals surface area contributed by atoms with Crippen molar-refractivity contribution in [3.8, 4) is 22.7 Å². The van der Waals surface area contributed by atoms with Gasteiger partial charge in [-0.3, -0.25) is 0 Å². The van der Waals surface area contributed by atoms with E-state index in [1.807, 2.05) is 0 Å². The lowest BCUT2D eigenvalue weighted by Gasteiger charge is -2.08. The van der Waals surface area contributed by atoms with Crippen LogP contribution in [0.4, 0.5) is 4.39 Å². The van der Waals surface area contributed by atoms with Gasteiger partial charge in [-0.2, -0.15) is 5.10 Å². The minimum atomic E-state index is -0.853. The number of rotatable bonds is 5. The van der Waals surface area contributed by atoms with Gasteiger partial charge in [-0.05, 0) is 34.1 Å². The van der Waals surface area contributed by atoms with Crippen LogP contribution in [0.2, 0.25) is 0 Å². The summed E-state index contributed by atoms with van der Waals surface area (Å²) in [5, 5.41) is 4.36. The highest BCUT2D eigenvalue weighted by atomic mass is 79.9. The highest BCUT2D eigenvalue weighted by Gasteiger charge is 2.32. The molecule has 3 rings (SSSR count). The minimum Gasteiger partial charge on any atom is -0.495 e. The van der Waals surface area contributed by atoms with Crippen molar-refractivity contribution in [1.82, 2.24) is 9.78 Å². The van der Waals surface area contributed by atoms with Crippen molar-refractivity contribution in [1.29, 1.82) is 0 Å². The van der Waals surface area contributed by atoms with Crippen LogP contribution in [0, 0.1) is 5.82 Å². The average Bonchev–Trinajstić information content (AvgIpc) is 3.14. The molecule has 0 radical (unpaired) electrons. The lowest BCUT2D eigenvalue weighted by Crippen LogP contribution is -2.15. The van der Waals surface area contributed by atoms with Gasteiger partial charge in [-0.1, -0.05) is 18.2 Å². The van der Waals surface area contributed by atoms with Gasteiger partial charge in [0.15, 0.2) is 5.69 Å². The number of nitrogens with zero attached hydrogens (tertiary/aromatic N) is 2. The van der Waals surface area contributed by atoms with Crippen molar-refractivity contribution in [2.75, 3.05) is 21.3 Å². The number of ether oxygens (including phenoxy) is 3. The molecule has 150 valence electrons. The molecule has 0 spiro atoms. The first-order valence-corrected chi connectivity index (χ1v) is 9.10. The molecule has 0 saturated carbocycles.